The highest BCUT2D eigenvalue weighted by molar-refractivity contribution is 5.66. The van der Waals surface area contributed by atoms with E-state index in [4.69, 9.17) is 5.11 Å². The van der Waals surface area contributed by atoms with Crippen molar-refractivity contribution >= 4 is 5.97 Å². The molecule has 0 aliphatic rings. The van der Waals surface area contributed by atoms with Crippen LogP contribution in [0.2, 0.25) is 0 Å². The lowest BCUT2D eigenvalue weighted by Crippen LogP contribution is -2.24. The standard InChI is InChI=1S/C23H30O5/c24-20(14-10-16-23(27)28)13-8-3-1-2-4-9-15-21(25)22(26)18-17-19-11-6-5-7-12-19/h1-9,11-13,15,20-22,24-26H,10,14,16-18H2,(H,27,28)/b3-1-,4-2+,13-8+,15-9+. The van der Waals surface area contributed by atoms with Gasteiger partial charge in [-0.05, 0) is 31.2 Å². The van der Waals surface area contributed by atoms with E-state index in [-0.39, 0.29) is 6.42 Å². The number of carboxylic acid groups (broad SMARTS) is 1. The molecule has 0 fully saturated rings. The summed E-state index contributed by atoms with van der Waals surface area (Å²) >= 11 is 0. The lowest BCUT2D eigenvalue weighted by molar-refractivity contribution is -0.137. The Labute approximate surface area is 166 Å². The van der Waals surface area contributed by atoms with Crippen LogP contribution in [0.15, 0.2) is 78.9 Å². The predicted octanol–water partition coefficient (Wildman–Crippen LogP) is 3.18. The van der Waals surface area contributed by atoms with Gasteiger partial charge < -0.3 is 20.4 Å². The number of carboxylic acids is 1. The molecule has 4 N–H and O–H groups in total. The van der Waals surface area contributed by atoms with Gasteiger partial charge in [0.25, 0.3) is 0 Å². The van der Waals surface area contributed by atoms with Crippen molar-refractivity contribution in [1.29, 1.82) is 0 Å². The Bertz CT molecular complexity index is 661. The average molecular weight is 386 g/mol. The minimum atomic E-state index is -0.918. The third-order valence-electron chi connectivity index (χ3n) is 4.05. The fourth-order valence-corrected chi connectivity index (χ4v) is 2.44. The highest BCUT2D eigenvalue weighted by Crippen LogP contribution is 2.08. The Balaban J connectivity index is 2.23. The van der Waals surface area contributed by atoms with E-state index in [0.717, 1.165) is 5.56 Å². The van der Waals surface area contributed by atoms with Crippen LogP contribution in [-0.4, -0.2) is 44.7 Å². The first-order chi connectivity index (χ1) is 13.5. The second-order valence-electron chi connectivity index (χ2n) is 6.48. The number of benzene rings is 1. The molecule has 3 unspecified atom stereocenters. The number of aryl methyl sites for hydroxylation is 1. The van der Waals surface area contributed by atoms with Crippen molar-refractivity contribution in [2.24, 2.45) is 0 Å². The molecule has 1 rings (SSSR count). The van der Waals surface area contributed by atoms with Crippen LogP contribution in [0.5, 0.6) is 0 Å². The zero-order valence-corrected chi connectivity index (χ0v) is 16.0. The van der Waals surface area contributed by atoms with Crippen LogP contribution in [0.25, 0.3) is 0 Å². The molecule has 0 saturated carbocycles. The summed E-state index contributed by atoms with van der Waals surface area (Å²) in [5.41, 5.74) is 1.13. The summed E-state index contributed by atoms with van der Waals surface area (Å²) in [6.45, 7) is 0. The van der Waals surface area contributed by atoms with Crippen LogP contribution in [0.4, 0.5) is 0 Å². The third-order valence-corrected chi connectivity index (χ3v) is 4.05. The Morgan fingerprint density at radius 2 is 1.46 bits per heavy atom. The number of aliphatic hydroxyl groups is 3. The van der Waals surface area contributed by atoms with E-state index in [0.29, 0.717) is 25.7 Å². The van der Waals surface area contributed by atoms with Gasteiger partial charge >= 0.3 is 5.97 Å². The SMILES string of the molecule is O=C(O)CCCC(O)/C=C/C=C\C=C\C=C\C(O)C(O)CCc1ccccc1. The molecule has 0 aliphatic heterocycles. The minimum Gasteiger partial charge on any atom is -0.481 e. The highest BCUT2D eigenvalue weighted by Gasteiger charge is 2.12. The van der Waals surface area contributed by atoms with Crippen LogP contribution >= 0.6 is 0 Å². The maximum absolute atomic E-state index is 10.4. The molecular weight excluding hydrogens is 356 g/mol. The number of hydrogen-bond donors (Lipinski definition) is 4. The van der Waals surface area contributed by atoms with E-state index >= 15 is 0 Å². The van der Waals surface area contributed by atoms with Crippen LogP contribution in [0, 0.1) is 0 Å². The molecule has 5 nitrogen and oxygen atoms in total. The largest absolute Gasteiger partial charge is 0.481 e. The van der Waals surface area contributed by atoms with E-state index in [9.17, 15) is 20.1 Å². The van der Waals surface area contributed by atoms with E-state index in [1.165, 1.54) is 0 Å². The molecule has 152 valence electrons. The van der Waals surface area contributed by atoms with Crippen LogP contribution in [0.1, 0.15) is 31.2 Å². The van der Waals surface area contributed by atoms with Gasteiger partial charge in [0.05, 0.1) is 18.3 Å². The Kier molecular flexibility index (Phi) is 12.3. The van der Waals surface area contributed by atoms with Gasteiger partial charge in [-0.15, -0.1) is 0 Å². The van der Waals surface area contributed by atoms with Crippen molar-refractivity contribution in [3.8, 4) is 0 Å². The molecule has 0 spiro atoms. The molecule has 0 radical (unpaired) electrons. The maximum atomic E-state index is 10.4. The number of rotatable bonds is 13. The lowest BCUT2D eigenvalue weighted by Gasteiger charge is -2.14. The molecule has 3 atom stereocenters. The fraction of sp³-hybridized carbons (Fsp3) is 0.348. The monoisotopic (exact) mass is 386 g/mol. The number of aliphatic carboxylic acids is 1. The quantitative estimate of drug-likeness (QED) is 0.390. The molecule has 0 saturated heterocycles. The normalized spacial score (nSPS) is 15.7. The van der Waals surface area contributed by atoms with Crippen LogP contribution in [-0.2, 0) is 11.2 Å². The molecule has 28 heavy (non-hydrogen) atoms. The summed E-state index contributed by atoms with van der Waals surface area (Å²) in [5, 5.41) is 38.1. The van der Waals surface area contributed by atoms with Crippen molar-refractivity contribution in [2.45, 2.75) is 50.4 Å². The summed E-state index contributed by atoms with van der Waals surface area (Å²) in [6.07, 6.45) is 13.3. The second kappa shape index (κ2) is 14.6. The summed E-state index contributed by atoms with van der Waals surface area (Å²) in [7, 11) is 0. The van der Waals surface area contributed by atoms with E-state index in [1.54, 1.807) is 48.6 Å². The average Bonchev–Trinajstić information content (AvgIpc) is 2.68. The lowest BCUT2D eigenvalue weighted by atomic mass is 10.0. The summed E-state index contributed by atoms with van der Waals surface area (Å²) in [6, 6.07) is 9.83. The maximum Gasteiger partial charge on any atom is 0.303 e. The first-order valence-electron chi connectivity index (χ1n) is 9.47. The molecule has 0 aliphatic carbocycles. The molecule has 1 aromatic carbocycles. The number of carbonyl (C=O) groups is 1. The van der Waals surface area contributed by atoms with E-state index in [1.807, 2.05) is 30.3 Å². The van der Waals surface area contributed by atoms with Gasteiger partial charge in [0.2, 0.25) is 0 Å². The molecular formula is C23H30O5. The number of allylic oxidation sites excluding steroid dienone is 6. The molecule has 0 heterocycles. The van der Waals surface area contributed by atoms with Gasteiger partial charge in [-0.1, -0.05) is 78.9 Å². The third kappa shape index (κ3) is 12.0. The molecule has 0 bridgehead atoms. The Morgan fingerprint density at radius 3 is 2.11 bits per heavy atom. The Morgan fingerprint density at radius 1 is 0.857 bits per heavy atom. The first-order valence-corrected chi connectivity index (χ1v) is 9.47. The molecule has 0 amide bonds. The van der Waals surface area contributed by atoms with Gasteiger partial charge in [-0.25, -0.2) is 0 Å². The second-order valence-corrected chi connectivity index (χ2v) is 6.48. The zero-order chi connectivity index (χ0) is 20.6. The number of hydrogen-bond acceptors (Lipinski definition) is 4. The smallest absolute Gasteiger partial charge is 0.303 e. The van der Waals surface area contributed by atoms with Crippen LogP contribution in [0.3, 0.4) is 0 Å². The van der Waals surface area contributed by atoms with Crippen molar-refractivity contribution in [3.63, 3.8) is 0 Å². The highest BCUT2D eigenvalue weighted by atomic mass is 16.4. The van der Waals surface area contributed by atoms with Crippen LogP contribution < -0.4 is 0 Å². The topological polar surface area (TPSA) is 98.0 Å². The first kappa shape index (κ1) is 23.6. The van der Waals surface area contributed by atoms with Gasteiger partial charge in [0, 0.05) is 6.42 Å². The van der Waals surface area contributed by atoms with E-state index < -0.39 is 24.3 Å². The molecule has 0 aromatic heterocycles. The van der Waals surface area contributed by atoms with Gasteiger partial charge in [-0.3, -0.25) is 4.79 Å². The minimum absolute atomic E-state index is 0.0582. The van der Waals surface area contributed by atoms with Gasteiger partial charge in [0.15, 0.2) is 0 Å². The zero-order valence-electron chi connectivity index (χ0n) is 16.0. The summed E-state index contributed by atoms with van der Waals surface area (Å²) in [4.78, 5) is 10.4. The van der Waals surface area contributed by atoms with Crippen molar-refractivity contribution < 1.29 is 25.2 Å². The molecule has 5 heteroatoms. The predicted molar refractivity (Wildman–Crippen MR) is 111 cm³/mol. The van der Waals surface area contributed by atoms with Crippen molar-refractivity contribution in [1.82, 2.24) is 0 Å². The number of aliphatic hydroxyl groups excluding tert-OH is 3. The van der Waals surface area contributed by atoms with Crippen molar-refractivity contribution in [3.05, 3.63) is 84.5 Å². The van der Waals surface area contributed by atoms with Crippen molar-refractivity contribution in [2.75, 3.05) is 0 Å². The van der Waals surface area contributed by atoms with E-state index in [2.05, 4.69) is 0 Å². The Hall–Kier alpha value is -2.47. The fourth-order valence-electron chi connectivity index (χ4n) is 2.44. The summed E-state index contributed by atoms with van der Waals surface area (Å²) < 4.78 is 0. The van der Waals surface area contributed by atoms with Gasteiger partial charge in [0.1, 0.15) is 0 Å². The molecule has 1 aromatic rings. The summed E-state index contributed by atoms with van der Waals surface area (Å²) in [5.74, 6) is -0.858. The van der Waals surface area contributed by atoms with Gasteiger partial charge in [-0.2, -0.15) is 0 Å².